The highest BCUT2D eigenvalue weighted by atomic mass is 35.5. The molecule has 8 nitrogen and oxygen atoms in total. The van der Waals surface area contributed by atoms with Crippen molar-refractivity contribution in [2.45, 2.75) is 19.5 Å². The van der Waals surface area contributed by atoms with Crippen LogP contribution in [0.3, 0.4) is 0 Å². The van der Waals surface area contributed by atoms with Crippen LogP contribution in [-0.4, -0.2) is 33.6 Å². The Bertz CT molecular complexity index is 1110. The van der Waals surface area contributed by atoms with Crippen LogP contribution in [0.15, 0.2) is 54.7 Å². The normalized spacial score (nSPS) is 10.4. The van der Waals surface area contributed by atoms with Crippen molar-refractivity contribution < 1.29 is 19.1 Å². The molecular formula is C22H21ClFN5O3. The fourth-order valence-corrected chi connectivity index (χ4v) is 3.14. The average molecular weight is 458 g/mol. The van der Waals surface area contributed by atoms with E-state index in [-0.39, 0.29) is 30.0 Å². The first kappa shape index (κ1) is 23.0. The molecule has 0 bridgehead atoms. The van der Waals surface area contributed by atoms with Crippen LogP contribution in [-0.2, 0) is 19.5 Å². The number of carbonyl (C=O) groups excluding carboxylic acids is 1. The molecule has 0 aliphatic heterocycles. The van der Waals surface area contributed by atoms with Crippen molar-refractivity contribution in [3.8, 4) is 0 Å². The second-order valence-electron chi connectivity index (χ2n) is 6.79. The Kier molecular flexibility index (Phi) is 7.93. The Balaban J connectivity index is 1.65. The minimum atomic E-state index is -1.16. The van der Waals surface area contributed by atoms with Crippen LogP contribution >= 0.6 is 11.6 Å². The highest BCUT2D eigenvalue weighted by Gasteiger charge is 2.14. The molecule has 0 atom stereocenters. The number of anilines is 1. The Morgan fingerprint density at radius 1 is 1.06 bits per heavy atom. The van der Waals surface area contributed by atoms with Crippen molar-refractivity contribution in [3.05, 3.63) is 88.1 Å². The van der Waals surface area contributed by atoms with Crippen LogP contribution in [0.25, 0.3) is 0 Å². The van der Waals surface area contributed by atoms with Gasteiger partial charge in [0.05, 0.1) is 17.8 Å². The molecular weight excluding hydrogens is 437 g/mol. The first-order chi connectivity index (χ1) is 15.4. The van der Waals surface area contributed by atoms with E-state index < -0.39 is 6.09 Å². The highest BCUT2D eigenvalue weighted by molar-refractivity contribution is 6.29. The summed E-state index contributed by atoms with van der Waals surface area (Å²) in [5, 5.41) is 17.1. The van der Waals surface area contributed by atoms with Gasteiger partial charge in [-0.15, -0.1) is 0 Å². The molecule has 0 radical (unpaired) electrons. The standard InChI is InChI=1S/C22H21ClFN5O3/c23-19-7-6-17(20(29-19)26-10-8-14-3-1-5-16(24)11-14)21(30)27-12-15-4-2-9-25-18(15)13-28-22(31)32/h1-7,9,11,28H,8,10,12-13H2,(H,26,29)(H,27,30)(H,31,32). The summed E-state index contributed by atoms with van der Waals surface area (Å²) < 4.78 is 13.3. The van der Waals surface area contributed by atoms with Gasteiger partial charge < -0.3 is 21.1 Å². The molecule has 10 heteroatoms. The van der Waals surface area contributed by atoms with Gasteiger partial charge in [-0.25, -0.2) is 14.2 Å². The molecule has 166 valence electrons. The number of hydrogen-bond acceptors (Lipinski definition) is 5. The van der Waals surface area contributed by atoms with Crippen molar-refractivity contribution in [1.82, 2.24) is 20.6 Å². The highest BCUT2D eigenvalue weighted by Crippen LogP contribution is 2.17. The van der Waals surface area contributed by atoms with E-state index in [1.165, 1.54) is 18.2 Å². The van der Waals surface area contributed by atoms with Crippen molar-refractivity contribution in [2.75, 3.05) is 11.9 Å². The minimum absolute atomic E-state index is 0.0246. The van der Waals surface area contributed by atoms with Gasteiger partial charge in [0.2, 0.25) is 0 Å². The zero-order valence-electron chi connectivity index (χ0n) is 16.9. The van der Waals surface area contributed by atoms with Crippen LogP contribution in [0.1, 0.15) is 27.2 Å². The number of aromatic nitrogens is 2. The van der Waals surface area contributed by atoms with E-state index in [1.807, 2.05) is 6.07 Å². The first-order valence-electron chi connectivity index (χ1n) is 9.75. The van der Waals surface area contributed by atoms with Crippen LogP contribution in [0.5, 0.6) is 0 Å². The van der Waals surface area contributed by atoms with E-state index in [0.29, 0.717) is 35.6 Å². The third kappa shape index (κ3) is 6.64. The molecule has 2 heterocycles. The topological polar surface area (TPSA) is 116 Å². The summed E-state index contributed by atoms with van der Waals surface area (Å²) in [7, 11) is 0. The predicted molar refractivity (Wildman–Crippen MR) is 118 cm³/mol. The second kappa shape index (κ2) is 11.1. The van der Waals surface area contributed by atoms with E-state index in [2.05, 4.69) is 25.9 Å². The molecule has 0 unspecified atom stereocenters. The lowest BCUT2D eigenvalue weighted by molar-refractivity contribution is 0.0951. The molecule has 32 heavy (non-hydrogen) atoms. The number of benzene rings is 1. The maximum absolute atomic E-state index is 13.3. The smallest absolute Gasteiger partial charge is 0.404 e. The Morgan fingerprint density at radius 2 is 1.91 bits per heavy atom. The number of rotatable bonds is 9. The van der Waals surface area contributed by atoms with E-state index in [1.54, 1.807) is 30.5 Å². The van der Waals surface area contributed by atoms with Crippen molar-refractivity contribution >= 4 is 29.4 Å². The molecule has 0 aliphatic carbocycles. The van der Waals surface area contributed by atoms with Crippen LogP contribution in [0.4, 0.5) is 15.0 Å². The maximum atomic E-state index is 13.3. The van der Waals surface area contributed by atoms with Crippen LogP contribution < -0.4 is 16.0 Å². The number of amides is 2. The predicted octanol–water partition coefficient (Wildman–Crippen LogP) is 3.62. The van der Waals surface area contributed by atoms with Gasteiger partial charge in [0.15, 0.2) is 0 Å². The van der Waals surface area contributed by atoms with Gasteiger partial charge in [-0.2, -0.15) is 0 Å². The average Bonchev–Trinajstić information content (AvgIpc) is 2.77. The number of pyridine rings is 2. The molecule has 3 aromatic rings. The zero-order valence-corrected chi connectivity index (χ0v) is 17.7. The molecule has 3 rings (SSSR count). The Morgan fingerprint density at radius 3 is 2.69 bits per heavy atom. The van der Waals surface area contributed by atoms with Crippen molar-refractivity contribution in [1.29, 1.82) is 0 Å². The zero-order chi connectivity index (χ0) is 22.9. The quantitative estimate of drug-likeness (QED) is 0.365. The van der Waals surface area contributed by atoms with Gasteiger partial charge in [0.1, 0.15) is 16.8 Å². The molecule has 0 spiro atoms. The van der Waals surface area contributed by atoms with Crippen LogP contribution in [0.2, 0.25) is 5.15 Å². The minimum Gasteiger partial charge on any atom is -0.465 e. The van der Waals surface area contributed by atoms with E-state index >= 15 is 0 Å². The summed E-state index contributed by atoms with van der Waals surface area (Å²) in [6.07, 6.45) is 0.920. The second-order valence-corrected chi connectivity index (χ2v) is 7.17. The number of halogens is 2. The summed E-state index contributed by atoms with van der Waals surface area (Å²) in [5.41, 5.74) is 2.29. The molecule has 0 aliphatic rings. The first-order valence-corrected chi connectivity index (χ1v) is 10.1. The maximum Gasteiger partial charge on any atom is 0.404 e. The van der Waals surface area contributed by atoms with Crippen molar-refractivity contribution in [2.24, 2.45) is 0 Å². The van der Waals surface area contributed by atoms with Gasteiger partial charge in [0.25, 0.3) is 5.91 Å². The number of carboxylic acid groups (broad SMARTS) is 1. The lowest BCUT2D eigenvalue weighted by Gasteiger charge is -2.13. The molecule has 1 aromatic carbocycles. The van der Waals surface area contributed by atoms with Gasteiger partial charge in [-0.1, -0.05) is 29.8 Å². The van der Waals surface area contributed by atoms with E-state index in [0.717, 1.165) is 5.56 Å². The summed E-state index contributed by atoms with van der Waals surface area (Å²) in [6.45, 7) is 0.593. The van der Waals surface area contributed by atoms with Gasteiger partial charge in [-0.3, -0.25) is 9.78 Å². The third-order valence-electron chi connectivity index (χ3n) is 4.53. The van der Waals surface area contributed by atoms with Gasteiger partial charge in [0, 0.05) is 19.3 Å². The van der Waals surface area contributed by atoms with Gasteiger partial charge in [-0.05, 0) is 47.9 Å². The fraction of sp³-hybridized carbons (Fsp3) is 0.182. The molecule has 0 fully saturated rings. The Hall–Kier alpha value is -3.72. The van der Waals surface area contributed by atoms with E-state index in [9.17, 15) is 14.0 Å². The monoisotopic (exact) mass is 457 g/mol. The number of nitrogens with zero attached hydrogens (tertiary/aromatic N) is 2. The number of carbonyl (C=O) groups is 2. The molecule has 2 aromatic heterocycles. The third-order valence-corrected chi connectivity index (χ3v) is 4.74. The summed E-state index contributed by atoms with van der Waals surface area (Å²) in [6, 6.07) is 12.8. The molecule has 0 saturated carbocycles. The SMILES string of the molecule is O=C(O)NCc1ncccc1CNC(=O)c1ccc(Cl)nc1NCCc1cccc(F)c1. The van der Waals surface area contributed by atoms with Crippen molar-refractivity contribution in [3.63, 3.8) is 0 Å². The largest absolute Gasteiger partial charge is 0.465 e. The summed E-state index contributed by atoms with van der Waals surface area (Å²) in [4.78, 5) is 31.9. The number of nitrogens with one attached hydrogen (secondary N) is 3. The fourth-order valence-electron chi connectivity index (χ4n) is 2.99. The molecule has 2 amide bonds. The number of hydrogen-bond donors (Lipinski definition) is 4. The molecule has 4 N–H and O–H groups in total. The molecule has 0 saturated heterocycles. The lowest BCUT2D eigenvalue weighted by Crippen LogP contribution is -2.27. The summed E-state index contributed by atoms with van der Waals surface area (Å²) >= 11 is 6.00. The lowest BCUT2D eigenvalue weighted by atomic mass is 10.1. The Labute approximate surface area is 188 Å². The van der Waals surface area contributed by atoms with Crippen LogP contribution in [0, 0.1) is 5.82 Å². The van der Waals surface area contributed by atoms with Gasteiger partial charge >= 0.3 is 6.09 Å². The summed E-state index contributed by atoms with van der Waals surface area (Å²) in [5.74, 6) is -0.384. The van der Waals surface area contributed by atoms with E-state index in [4.69, 9.17) is 16.7 Å².